The van der Waals surface area contributed by atoms with Crippen molar-refractivity contribution in [2.45, 2.75) is 37.5 Å². The quantitative estimate of drug-likeness (QED) is 0.382. The summed E-state index contributed by atoms with van der Waals surface area (Å²) in [5, 5.41) is 6.33. The molecule has 8 nitrogen and oxygen atoms in total. The number of carbonyl (C=O) groups is 3. The fraction of sp³-hybridized carbons (Fsp3) is 0.364. The van der Waals surface area contributed by atoms with Gasteiger partial charge in [0.25, 0.3) is 0 Å². The van der Waals surface area contributed by atoms with Crippen LogP contribution in [0.4, 0.5) is 4.79 Å². The van der Waals surface area contributed by atoms with Crippen LogP contribution in [0.25, 0.3) is 0 Å². The van der Waals surface area contributed by atoms with Crippen molar-refractivity contribution in [2.24, 2.45) is 0 Å². The predicted molar refractivity (Wildman–Crippen MR) is 166 cm³/mol. The van der Waals surface area contributed by atoms with Crippen LogP contribution in [0.3, 0.4) is 0 Å². The molecule has 1 N–H and O–H groups in total. The molecule has 3 aromatic rings. The molecular weight excluding hydrogens is 546 g/mol. The van der Waals surface area contributed by atoms with Gasteiger partial charge >= 0.3 is 6.03 Å². The lowest BCUT2D eigenvalue weighted by molar-refractivity contribution is -0.187. The molecule has 2 saturated heterocycles. The van der Waals surface area contributed by atoms with E-state index in [1.165, 1.54) is 11.1 Å². The van der Waals surface area contributed by atoms with E-state index < -0.39 is 12.2 Å². The highest BCUT2D eigenvalue weighted by molar-refractivity contribution is 7.98. The van der Waals surface area contributed by atoms with Crippen LogP contribution in [0.15, 0.2) is 91.0 Å². The van der Waals surface area contributed by atoms with Crippen LogP contribution in [0, 0.1) is 0 Å². The second-order valence-corrected chi connectivity index (χ2v) is 11.8. The molecule has 0 spiro atoms. The van der Waals surface area contributed by atoms with Crippen molar-refractivity contribution in [3.05, 3.63) is 108 Å². The Morgan fingerprint density at radius 1 is 0.929 bits per heavy atom. The average molecular weight is 586 g/mol. The number of carbonyl (C=O) groups excluding carboxylic acids is 3. The highest BCUT2D eigenvalue weighted by Crippen LogP contribution is 2.31. The molecule has 0 radical (unpaired) electrons. The lowest BCUT2D eigenvalue weighted by atomic mass is 9.88. The highest BCUT2D eigenvalue weighted by Gasteiger charge is 2.50. The van der Waals surface area contributed by atoms with Crippen LogP contribution >= 0.6 is 11.8 Å². The zero-order valence-corrected chi connectivity index (χ0v) is 25.1. The number of hydrogen-bond acceptors (Lipinski definition) is 5. The van der Waals surface area contributed by atoms with E-state index in [1.807, 2.05) is 77.9 Å². The van der Waals surface area contributed by atoms with Gasteiger partial charge < -0.3 is 15.1 Å². The highest BCUT2D eigenvalue weighted by atomic mass is 32.2. The molecule has 3 aromatic carbocycles. The third kappa shape index (κ3) is 6.63. The average Bonchev–Trinajstić information content (AvgIpc) is 3.01. The lowest BCUT2D eigenvalue weighted by Crippen LogP contribution is -2.76. The van der Waals surface area contributed by atoms with Crippen LogP contribution in [0.2, 0.25) is 0 Å². The maximum Gasteiger partial charge on any atom is 0.334 e. The second-order valence-electron chi connectivity index (χ2n) is 10.8. The second kappa shape index (κ2) is 13.9. The van der Waals surface area contributed by atoms with Crippen LogP contribution in [-0.4, -0.2) is 88.6 Å². The molecule has 5 rings (SSSR count). The molecule has 0 aliphatic carbocycles. The molecule has 0 unspecified atom stereocenters. The summed E-state index contributed by atoms with van der Waals surface area (Å²) in [6.07, 6.45) is 2.69. The Labute approximate surface area is 252 Å². The minimum atomic E-state index is -0.603. The fourth-order valence-electron chi connectivity index (χ4n) is 6.05. The number of thioether (sulfide) groups is 1. The Morgan fingerprint density at radius 2 is 1.52 bits per heavy atom. The van der Waals surface area contributed by atoms with Gasteiger partial charge in [0.2, 0.25) is 11.8 Å². The minimum Gasteiger partial charge on any atom is -0.337 e. The van der Waals surface area contributed by atoms with E-state index in [4.69, 9.17) is 0 Å². The molecule has 0 saturated carbocycles. The molecule has 0 bridgehead atoms. The van der Waals surface area contributed by atoms with E-state index in [9.17, 15) is 14.4 Å². The van der Waals surface area contributed by atoms with Gasteiger partial charge in [0, 0.05) is 26.1 Å². The van der Waals surface area contributed by atoms with Crippen molar-refractivity contribution in [2.75, 3.05) is 38.7 Å². The van der Waals surface area contributed by atoms with Gasteiger partial charge in [-0.05, 0) is 41.5 Å². The van der Waals surface area contributed by atoms with Gasteiger partial charge in [-0.25, -0.2) is 14.8 Å². The van der Waals surface area contributed by atoms with Gasteiger partial charge in [-0.2, -0.15) is 11.8 Å². The zero-order chi connectivity index (χ0) is 29.5. The largest absolute Gasteiger partial charge is 0.337 e. The number of hydrogen-bond donors (Lipinski definition) is 1. The van der Waals surface area contributed by atoms with Crippen LogP contribution < -0.4 is 5.32 Å². The Morgan fingerprint density at radius 3 is 2.12 bits per heavy atom. The zero-order valence-electron chi connectivity index (χ0n) is 24.3. The molecule has 2 fully saturated rings. The smallest absolute Gasteiger partial charge is 0.334 e. The summed E-state index contributed by atoms with van der Waals surface area (Å²) >= 11 is 1.65. The van der Waals surface area contributed by atoms with E-state index in [2.05, 4.69) is 29.6 Å². The first-order valence-corrected chi connectivity index (χ1v) is 15.9. The summed E-state index contributed by atoms with van der Waals surface area (Å²) in [7, 11) is 1.76. The molecule has 2 atom stereocenters. The Kier molecular flexibility index (Phi) is 9.81. The fourth-order valence-corrected chi connectivity index (χ4v) is 6.51. The third-order valence-corrected chi connectivity index (χ3v) is 8.77. The predicted octanol–water partition coefficient (Wildman–Crippen LogP) is 4.40. The van der Waals surface area contributed by atoms with Crippen molar-refractivity contribution in [3.8, 4) is 0 Å². The van der Waals surface area contributed by atoms with E-state index in [0.717, 1.165) is 17.7 Å². The molecule has 9 heteroatoms. The number of amides is 4. The van der Waals surface area contributed by atoms with Crippen molar-refractivity contribution in [1.82, 2.24) is 25.1 Å². The normalized spacial score (nSPS) is 19.3. The Bertz CT molecular complexity index is 1300. The molecule has 220 valence electrons. The van der Waals surface area contributed by atoms with E-state index in [0.29, 0.717) is 19.5 Å². The van der Waals surface area contributed by atoms with Gasteiger partial charge in [-0.15, -0.1) is 0 Å². The van der Waals surface area contributed by atoms with Crippen molar-refractivity contribution < 1.29 is 14.4 Å². The van der Waals surface area contributed by atoms with Crippen molar-refractivity contribution >= 4 is 29.6 Å². The van der Waals surface area contributed by atoms with Gasteiger partial charge in [0.1, 0.15) is 12.2 Å². The first kappa shape index (κ1) is 29.7. The van der Waals surface area contributed by atoms with E-state index in [1.54, 1.807) is 33.7 Å². The SMILES string of the molecule is CSCC[C@H]1C(=O)N(CCC(c2ccccc2)c2ccccc2)C[C@H]2N1C(=O)CN(C)N2C(=O)NCc1ccccc1. The first-order chi connectivity index (χ1) is 20.5. The topological polar surface area (TPSA) is 76.2 Å². The van der Waals surface area contributed by atoms with Crippen molar-refractivity contribution in [3.63, 3.8) is 0 Å². The first-order valence-electron chi connectivity index (χ1n) is 14.5. The number of benzene rings is 3. The van der Waals surface area contributed by atoms with Crippen LogP contribution in [0.1, 0.15) is 35.4 Å². The summed E-state index contributed by atoms with van der Waals surface area (Å²) in [5.74, 6) is 0.694. The Hall–Kier alpha value is -3.82. The number of piperazine rings is 1. The number of urea groups is 1. The standard InChI is InChI=1S/C33H39N5O3S/c1-35-24-31(39)37-29(19-21-42-2)32(40)36(23-30(37)38(35)33(41)34-22-25-12-6-3-7-13-25)20-18-28(26-14-8-4-9-15-26)27-16-10-5-11-17-27/h3-17,28-30H,18-24H2,1-2H3,(H,34,41)/t29-,30-/m0/s1. The third-order valence-electron chi connectivity index (χ3n) is 8.12. The summed E-state index contributed by atoms with van der Waals surface area (Å²) < 4.78 is 0. The maximum atomic E-state index is 14.0. The summed E-state index contributed by atoms with van der Waals surface area (Å²) in [6.45, 7) is 1.20. The monoisotopic (exact) mass is 585 g/mol. The molecule has 42 heavy (non-hydrogen) atoms. The summed E-state index contributed by atoms with van der Waals surface area (Å²) in [6, 6.07) is 29.6. The molecule has 4 amide bonds. The molecular formula is C33H39N5O3S. The summed E-state index contributed by atoms with van der Waals surface area (Å²) in [5.41, 5.74) is 3.39. The molecule has 2 aliphatic heterocycles. The molecule has 2 heterocycles. The lowest BCUT2D eigenvalue weighted by Gasteiger charge is -2.54. The van der Waals surface area contributed by atoms with Gasteiger partial charge in [-0.1, -0.05) is 91.0 Å². The number of nitrogens with zero attached hydrogens (tertiary/aromatic N) is 4. The number of rotatable bonds is 10. The number of nitrogens with one attached hydrogen (secondary N) is 1. The molecule has 0 aromatic heterocycles. The van der Waals surface area contributed by atoms with Crippen molar-refractivity contribution in [1.29, 1.82) is 0 Å². The van der Waals surface area contributed by atoms with Gasteiger partial charge in [0.15, 0.2) is 0 Å². The minimum absolute atomic E-state index is 0.0391. The number of fused-ring (bicyclic) bond motifs is 1. The van der Waals surface area contributed by atoms with E-state index in [-0.39, 0.29) is 36.9 Å². The molecule has 2 aliphatic rings. The summed E-state index contributed by atoms with van der Waals surface area (Å²) in [4.78, 5) is 44.5. The Balaban J connectivity index is 1.39. The van der Waals surface area contributed by atoms with Crippen LogP contribution in [0.5, 0.6) is 0 Å². The van der Waals surface area contributed by atoms with Crippen LogP contribution in [-0.2, 0) is 16.1 Å². The number of likely N-dealkylation sites (N-methyl/N-ethyl adjacent to an activating group) is 1. The van der Waals surface area contributed by atoms with Gasteiger partial charge in [0.05, 0.1) is 13.1 Å². The van der Waals surface area contributed by atoms with Gasteiger partial charge in [-0.3, -0.25) is 9.59 Å². The van der Waals surface area contributed by atoms with E-state index >= 15 is 0 Å². The maximum absolute atomic E-state index is 14.0. The number of hydrazine groups is 1.